The number of amides is 1. The van der Waals surface area contributed by atoms with Crippen LogP contribution in [-0.4, -0.2) is 43.7 Å². The second-order valence-electron chi connectivity index (χ2n) is 6.87. The van der Waals surface area contributed by atoms with E-state index in [-0.39, 0.29) is 11.8 Å². The lowest BCUT2D eigenvalue weighted by Crippen LogP contribution is -2.52. The zero-order chi connectivity index (χ0) is 18.2. The van der Waals surface area contributed by atoms with E-state index in [9.17, 15) is 4.79 Å². The first-order valence-corrected chi connectivity index (χ1v) is 9.94. The third-order valence-electron chi connectivity index (χ3n) is 5.03. The Hall–Kier alpha value is -2.81. The molecular weight excluding hydrogens is 362 g/mol. The number of thiazole rings is 1. The fourth-order valence-corrected chi connectivity index (χ4v) is 4.54. The molecule has 1 fully saturated rings. The molecule has 0 saturated carbocycles. The number of rotatable bonds is 4. The molecule has 1 aliphatic heterocycles. The van der Waals surface area contributed by atoms with Gasteiger partial charge in [-0.3, -0.25) is 4.79 Å². The highest BCUT2D eigenvalue weighted by atomic mass is 32.1. The van der Waals surface area contributed by atoms with Crippen molar-refractivity contribution in [2.45, 2.75) is 25.7 Å². The third-order valence-corrected chi connectivity index (χ3v) is 6.10. The van der Waals surface area contributed by atoms with Crippen LogP contribution >= 0.6 is 11.3 Å². The minimum absolute atomic E-state index is 0.0405. The molecule has 0 bridgehead atoms. The van der Waals surface area contributed by atoms with Gasteiger partial charge in [-0.2, -0.15) is 5.10 Å². The topological polar surface area (TPSA) is 88.8 Å². The average Bonchev–Trinajstić information content (AvgIpc) is 3.30. The molecule has 1 amide bonds. The maximum absolute atomic E-state index is 12.5. The Kier molecular flexibility index (Phi) is 4.08. The fraction of sp³-hybridized carbons (Fsp3) is 0.389. The predicted molar refractivity (Wildman–Crippen MR) is 102 cm³/mol. The van der Waals surface area contributed by atoms with Gasteiger partial charge in [0.05, 0.1) is 11.6 Å². The molecule has 1 aliphatic carbocycles. The van der Waals surface area contributed by atoms with Crippen molar-refractivity contribution in [1.82, 2.24) is 24.7 Å². The van der Waals surface area contributed by atoms with Gasteiger partial charge in [0.2, 0.25) is 5.91 Å². The van der Waals surface area contributed by atoms with Crippen LogP contribution in [0, 0.1) is 5.92 Å². The van der Waals surface area contributed by atoms with Crippen molar-refractivity contribution in [3.8, 4) is 5.82 Å². The third kappa shape index (κ3) is 3.18. The fourth-order valence-electron chi connectivity index (χ4n) is 3.48. The molecule has 8 nitrogen and oxygen atoms in total. The molecule has 0 atom stereocenters. The van der Waals surface area contributed by atoms with Gasteiger partial charge in [-0.05, 0) is 31.7 Å². The first kappa shape index (κ1) is 16.4. The summed E-state index contributed by atoms with van der Waals surface area (Å²) in [7, 11) is 0. The Bertz CT molecular complexity index is 939. The second-order valence-corrected chi connectivity index (χ2v) is 7.96. The Morgan fingerprint density at radius 2 is 2.04 bits per heavy atom. The van der Waals surface area contributed by atoms with Crippen molar-refractivity contribution >= 4 is 28.2 Å². The summed E-state index contributed by atoms with van der Waals surface area (Å²) in [6.07, 6.45) is 9.62. The van der Waals surface area contributed by atoms with Crippen LogP contribution in [-0.2, 0) is 17.6 Å². The second kappa shape index (κ2) is 6.73. The van der Waals surface area contributed by atoms with Gasteiger partial charge in [-0.15, -0.1) is 11.3 Å². The van der Waals surface area contributed by atoms with Crippen LogP contribution in [0.2, 0.25) is 0 Å². The van der Waals surface area contributed by atoms with Gasteiger partial charge < -0.3 is 10.2 Å². The largest absolute Gasteiger partial charge is 0.355 e. The average molecular weight is 381 g/mol. The van der Waals surface area contributed by atoms with E-state index in [4.69, 9.17) is 0 Å². The quantitative estimate of drug-likeness (QED) is 0.744. The van der Waals surface area contributed by atoms with Gasteiger partial charge in [-0.25, -0.2) is 19.6 Å². The summed E-state index contributed by atoms with van der Waals surface area (Å²) in [5.41, 5.74) is 1.17. The van der Waals surface area contributed by atoms with Gasteiger partial charge in [0.25, 0.3) is 0 Å². The van der Waals surface area contributed by atoms with Crippen molar-refractivity contribution < 1.29 is 4.79 Å². The summed E-state index contributed by atoms with van der Waals surface area (Å²) >= 11 is 1.63. The molecule has 3 aromatic heterocycles. The molecule has 0 spiro atoms. The van der Waals surface area contributed by atoms with E-state index in [2.05, 4.69) is 30.3 Å². The molecule has 138 valence electrons. The van der Waals surface area contributed by atoms with Crippen molar-refractivity contribution in [2.24, 2.45) is 5.92 Å². The van der Waals surface area contributed by atoms with E-state index in [0.717, 1.165) is 23.8 Å². The minimum Gasteiger partial charge on any atom is -0.355 e. The lowest BCUT2D eigenvalue weighted by Gasteiger charge is -2.38. The molecule has 27 heavy (non-hydrogen) atoms. The van der Waals surface area contributed by atoms with Gasteiger partial charge in [-0.1, -0.05) is 0 Å². The van der Waals surface area contributed by atoms with Crippen molar-refractivity contribution in [3.05, 3.63) is 41.4 Å². The number of aromatic nitrogens is 5. The number of nitrogens with zero attached hydrogens (tertiary/aromatic N) is 6. The molecular formula is C18H19N7OS. The Balaban J connectivity index is 1.21. The van der Waals surface area contributed by atoms with Crippen LogP contribution < -0.4 is 10.2 Å². The molecule has 5 rings (SSSR count). The number of hydrogen-bond donors (Lipinski definition) is 1. The number of aryl methyl sites for hydroxylation is 2. The van der Waals surface area contributed by atoms with Crippen LogP contribution in [0.25, 0.3) is 5.82 Å². The molecule has 0 unspecified atom stereocenters. The Labute approximate surface area is 160 Å². The van der Waals surface area contributed by atoms with E-state index < -0.39 is 0 Å². The van der Waals surface area contributed by atoms with Crippen LogP contribution in [0.3, 0.4) is 0 Å². The molecule has 9 heteroatoms. The zero-order valence-corrected chi connectivity index (χ0v) is 15.5. The zero-order valence-electron chi connectivity index (χ0n) is 14.7. The number of carbonyl (C=O) groups is 1. The first-order valence-electron chi connectivity index (χ1n) is 9.13. The highest BCUT2D eigenvalue weighted by molar-refractivity contribution is 7.15. The molecule has 3 aromatic rings. The first-order chi connectivity index (χ1) is 13.3. The lowest BCUT2D eigenvalue weighted by atomic mass is 9.99. The monoisotopic (exact) mass is 381 g/mol. The van der Waals surface area contributed by atoms with Gasteiger partial charge in [0.1, 0.15) is 12.1 Å². The van der Waals surface area contributed by atoms with Crippen molar-refractivity contribution in [3.63, 3.8) is 0 Å². The normalized spacial score (nSPS) is 16.7. The Morgan fingerprint density at radius 1 is 1.19 bits per heavy atom. The van der Waals surface area contributed by atoms with Crippen molar-refractivity contribution in [1.29, 1.82) is 0 Å². The maximum atomic E-state index is 12.5. The standard InChI is InChI=1S/C18H19N7OS/c26-17(23-18-22-13-4-1-2-5-14(13)27-18)12-9-24(10-12)15-8-16(20-11-19-15)25-7-3-6-21-25/h3,6-8,11-12H,1-2,4-5,9-10H2,(H,22,23,26). The van der Waals surface area contributed by atoms with Gasteiger partial charge in [0, 0.05) is 36.4 Å². The number of fused-ring (bicyclic) bond motifs is 1. The lowest BCUT2D eigenvalue weighted by molar-refractivity contribution is -0.120. The van der Waals surface area contributed by atoms with Gasteiger partial charge in [0.15, 0.2) is 10.9 Å². The molecule has 0 radical (unpaired) electrons. The Morgan fingerprint density at radius 3 is 2.85 bits per heavy atom. The molecule has 1 N–H and O–H groups in total. The predicted octanol–water partition coefficient (Wildman–Crippen LogP) is 2.07. The number of hydrogen-bond acceptors (Lipinski definition) is 7. The van der Waals surface area contributed by atoms with Gasteiger partial charge >= 0.3 is 0 Å². The van der Waals surface area contributed by atoms with E-state index in [1.54, 1.807) is 22.2 Å². The SMILES string of the molecule is O=C(Nc1nc2c(s1)CCCC2)C1CN(c2cc(-n3cccn3)ncn2)C1. The maximum Gasteiger partial charge on any atom is 0.232 e. The molecule has 0 aromatic carbocycles. The summed E-state index contributed by atoms with van der Waals surface area (Å²) in [6, 6.07) is 3.73. The van der Waals surface area contributed by atoms with Crippen molar-refractivity contribution in [2.75, 3.05) is 23.3 Å². The summed E-state index contributed by atoms with van der Waals surface area (Å²) in [4.78, 5) is 29.1. The highest BCUT2D eigenvalue weighted by Gasteiger charge is 2.34. The van der Waals surface area contributed by atoms with Crippen LogP contribution in [0.5, 0.6) is 0 Å². The molecule has 4 heterocycles. The number of carbonyl (C=O) groups excluding carboxylic acids is 1. The number of anilines is 2. The van der Waals surface area contributed by atoms with E-state index in [1.807, 2.05) is 18.3 Å². The molecule has 1 saturated heterocycles. The summed E-state index contributed by atoms with van der Waals surface area (Å²) in [5.74, 6) is 1.52. The van der Waals surface area contributed by atoms with Crippen LogP contribution in [0.4, 0.5) is 10.9 Å². The molecule has 2 aliphatic rings. The van der Waals surface area contributed by atoms with Crippen LogP contribution in [0.1, 0.15) is 23.4 Å². The highest BCUT2D eigenvalue weighted by Crippen LogP contribution is 2.30. The van der Waals surface area contributed by atoms with E-state index >= 15 is 0 Å². The number of nitrogens with one attached hydrogen (secondary N) is 1. The summed E-state index contributed by atoms with van der Waals surface area (Å²) in [5, 5.41) is 7.93. The summed E-state index contributed by atoms with van der Waals surface area (Å²) in [6.45, 7) is 1.29. The van der Waals surface area contributed by atoms with E-state index in [0.29, 0.717) is 18.9 Å². The van der Waals surface area contributed by atoms with Crippen LogP contribution in [0.15, 0.2) is 30.9 Å². The minimum atomic E-state index is -0.0472. The van der Waals surface area contributed by atoms with E-state index in [1.165, 1.54) is 29.7 Å². The summed E-state index contributed by atoms with van der Waals surface area (Å²) < 4.78 is 1.69. The smallest absolute Gasteiger partial charge is 0.232 e.